The number of rotatable bonds is 6. The van der Waals surface area contributed by atoms with Crippen LogP contribution in [-0.2, 0) is 6.54 Å². The van der Waals surface area contributed by atoms with Crippen molar-refractivity contribution in [3.05, 3.63) is 51.2 Å². The Bertz CT molecular complexity index is 694. The van der Waals surface area contributed by atoms with E-state index in [2.05, 4.69) is 10.3 Å². The Kier molecular flexibility index (Phi) is 5.00. The van der Waals surface area contributed by atoms with Crippen molar-refractivity contribution in [2.45, 2.75) is 6.54 Å². The van der Waals surface area contributed by atoms with Crippen molar-refractivity contribution in [2.24, 2.45) is 0 Å². The number of nitrogens with zero attached hydrogens (tertiary/aromatic N) is 2. The van der Waals surface area contributed by atoms with Crippen molar-refractivity contribution in [3.63, 3.8) is 0 Å². The van der Waals surface area contributed by atoms with Crippen molar-refractivity contribution >= 4 is 23.1 Å². The molecule has 2 rings (SSSR count). The van der Waals surface area contributed by atoms with Gasteiger partial charge >= 0.3 is 5.69 Å². The average molecular weight is 324 g/mol. The summed E-state index contributed by atoms with van der Waals surface area (Å²) in [5.74, 6) is 1.37. The van der Waals surface area contributed by atoms with Crippen LogP contribution in [0.5, 0.6) is 11.5 Å². The predicted molar refractivity (Wildman–Crippen MR) is 82.8 cm³/mol. The number of nitrogens with one attached hydrogen (secondary N) is 1. The van der Waals surface area contributed by atoms with Crippen molar-refractivity contribution in [3.8, 4) is 11.5 Å². The van der Waals surface area contributed by atoms with Gasteiger partial charge in [-0.3, -0.25) is 10.1 Å². The maximum atomic E-state index is 11.1. The second kappa shape index (κ2) is 6.95. The van der Waals surface area contributed by atoms with Gasteiger partial charge in [-0.05, 0) is 18.2 Å². The molecule has 0 aliphatic rings. The second-order valence-electron chi connectivity index (χ2n) is 4.28. The van der Waals surface area contributed by atoms with E-state index in [0.717, 1.165) is 5.56 Å². The molecule has 0 aliphatic heterocycles. The topological polar surface area (TPSA) is 86.5 Å². The van der Waals surface area contributed by atoms with Crippen LogP contribution in [0.15, 0.2) is 30.5 Å². The summed E-state index contributed by atoms with van der Waals surface area (Å²) in [6.45, 7) is 0.293. The maximum absolute atomic E-state index is 11.1. The third-order valence-electron chi connectivity index (χ3n) is 3.00. The number of aromatic nitrogens is 1. The summed E-state index contributed by atoms with van der Waals surface area (Å²) in [7, 11) is 3.10. The third kappa shape index (κ3) is 3.37. The molecule has 0 aliphatic carbocycles. The monoisotopic (exact) mass is 323 g/mol. The molecular formula is C14H14ClN3O4. The molecule has 0 saturated carbocycles. The normalized spacial score (nSPS) is 10.1. The summed E-state index contributed by atoms with van der Waals surface area (Å²) in [6, 6.07) is 6.69. The van der Waals surface area contributed by atoms with Gasteiger partial charge in [-0.1, -0.05) is 11.6 Å². The number of anilines is 1. The van der Waals surface area contributed by atoms with E-state index >= 15 is 0 Å². The van der Waals surface area contributed by atoms with E-state index in [0.29, 0.717) is 18.0 Å². The number of pyridine rings is 1. The molecule has 0 saturated heterocycles. The fourth-order valence-corrected chi connectivity index (χ4v) is 2.13. The van der Waals surface area contributed by atoms with Crippen molar-refractivity contribution in [1.29, 1.82) is 0 Å². The highest BCUT2D eigenvalue weighted by Gasteiger charge is 2.20. The molecule has 8 heteroatoms. The van der Waals surface area contributed by atoms with Crippen LogP contribution >= 0.6 is 11.6 Å². The Labute approximate surface area is 132 Å². The smallest absolute Gasteiger partial charge is 0.329 e. The summed E-state index contributed by atoms with van der Waals surface area (Å²) < 4.78 is 10.4. The van der Waals surface area contributed by atoms with Gasteiger partial charge in [0.25, 0.3) is 0 Å². The minimum absolute atomic E-state index is 0.0317. The Morgan fingerprint density at radius 3 is 2.73 bits per heavy atom. The lowest BCUT2D eigenvalue weighted by molar-refractivity contribution is -0.384. The number of nitro groups is 1. The summed E-state index contributed by atoms with van der Waals surface area (Å²) in [5.41, 5.74) is 0.552. The summed E-state index contributed by atoms with van der Waals surface area (Å²) in [4.78, 5) is 14.5. The molecule has 0 bridgehead atoms. The van der Waals surface area contributed by atoms with Gasteiger partial charge in [-0.2, -0.15) is 0 Å². The Morgan fingerprint density at radius 2 is 2.09 bits per heavy atom. The highest BCUT2D eigenvalue weighted by atomic mass is 35.5. The summed E-state index contributed by atoms with van der Waals surface area (Å²) >= 11 is 5.84. The molecule has 1 heterocycles. The van der Waals surface area contributed by atoms with Crippen LogP contribution in [0.3, 0.4) is 0 Å². The molecule has 0 amide bonds. The fourth-order valence-electron chi connectivity index (χ4n) is 1.91. The molecule has 0 spiro atoms. The summed E-state index contributed by atoms with van der Waals surface area (Å²) in [5, 5.41) is 14.0. The van der Waals surface area contributed by atoms with Crippen molar-refractivity contribution < 1.29 is 14.4 Å². The quantitative estimate of drug-likeness (QED) is 0.648. The molecule has 1 aromatic carbocycles. The fraction of sp³-hybridized carbons (Fsp3) is 0.214. The molecular weight excluding hydrogens is 310 g/mol. The summed E-state index contributed by atoms with van der Waals surface area (Å²) in [6.07, 6.45) is 1.41. The molecule has 1 N–H and O–H groups in total. The van der Waals surface area contributed by atoms with Crippen LogP contribution in [-0.4, -0.2) is 24.1 Å². The van der Waals surface area contributed by atoms with Crippen molar-refractivity contribution in [2.75, 3.05) is 19.5 Å². The molecule has 0 fully saturated rings. The van der Waals surface area contributed by atoms with Crippen LogP contribution in [0.25, 0.3) is 0 Å². The van der Waals surface area contributed by atoms with Gasteiger partial charge in [-0.25, -0.2) is 4.98 Å². The highest BCUT2D eigenvalue weighted by Crippen LogP contribution is 2.31. The molecule has 22 heavy (non-hydrogen) atoms. The number of ether oxygens (including phenoxy) is 2. The van der Waals surface area contributed by atoms with E-state index in [4.69, 9.17) is 21.1 Å². The first kappa shape index (κ1) is 15.8. The van der Waals surface area contributed by atoms with Gasteiger partial charge in [0.05, 0.1) is 19.1 Å². The van der Waals surface area contributed by atoms with Gasteiger partial charge in [0.2, 0.25) is 5.82 Å². The van der Waals surface area contributed by atoms with Crippen LogP contribution in [0.4, 0.5) is 11.5 Å². The van der Waals surface area contributed by atoms with Crippen LogP contribution in [0, 0.1) is 10.1 Å². The molecule has 2 aromatic rings. The third-order valence-corrected chi connectivity index (χ3v) is 3.30. The van der Waals surface area contributed by atoms with E-state index < -0.39 is 4.92 Å². The lowest BCUT2D eigenvalue weighted by atomic mass is 10.2. The van der Waals surface area contributed by atoms with Crippen LogP contribution < -0.4 is 14.8 Å². The van der Waals surface area contributed by atoms with Gasteiger partial charge in [0.1, 0.15) is 16.5 Å². The first-order valence-corrected chi connectivity index (χ1v) is 6.68. The predicted octanol–water partition coefficient (Wildman–Crippen LogP) is 3.27. The van der Waals surface area contributed by atoms with Gasteiger partial charge in [-0.15, -0.1) is 0 Å². The van der Waals surface area contributed by atoms with E-state index in [1.54, 1.807) is 32.4 Å². The van der Waals surface area contributed by atoms with Gasteiger partial charge in [0, 0.05) is 24.4 Å². The Morgan fingerprint density at radius 1 is 1.32 bits per heavy atom. The minimum Gasteiger partial charge on any atom is -0.497 e. The first-order chi connectivity index (χ1) is 10.6. The van der Waals surface area contributed by atoms with Crippen molar-refractivity contribution in [1.82, 2.24) is 4.98 Å². The number of halogens is 1. The van der Waals surface area contributed by atoms with Crippen LogP contribution in [0.1, 0.15) is 5.56 Å². The first-order valence-electron chi connectivity index (χ1n) is 6.30. The molecule has 0 atom stereocenters. The molecule has 116 valence electrons. The molecule has 0 radical (unpaired) electrons. The van der Waals surface area contributed by atoms with Gasteiger partial charge in [0.15, 0.2) is 0 Å². The Hall–Kier alpha value is -2.54. The zero-order valence-electron chi connectivity index (χ0n) is 12.0. The number of hydrogen-bond donors (Lipinski definition) is 1. The van der Waals surface area contributed by atoms with E-state index in [9.17, 15) is 10.1 Å². The number of benzene rings is 1. The largest absolute Gasteiger partial charge is 0.497 e. The molecule has 1 aromatic heterocycles. The SMILES string of the molecule is COc1ccc(CNc2nccc(Cl)c2[N+](=O)[O-])c(OC)c1. The number of methoxy groups -OCH3 is 2. The van der Waals surface area contributed by atoms with E-state index in [-0.39, 0.29) is 16.5 Å². The zero-order valence-corrected chi connectivity index (χ0v) is 12.8. The average Bonchev–Trinajstić information content (AvgIpc) is 2.52. The van der Waals surface area contributed by atoms with E-state index in [1.165, 1.54) is 12.3 Å². The highest BCUT2D eigenvalue weighted by molar-refractivity contribution is 6.33. The zero-order chi connectivity index (χ0) is 16.1. The lowest BCUT2D eigenvalue weighted by Gasteiger charge is -2.12. The molecule has 0 unspecified atom stereocenters. The molecule has 7 nitrogen and oxygen atoms in total. The lowest BCUT2D eigenvalue weighted by Crippen LogP contribution is -2.06. The van der Waals surface area contributed by atoms with Crippen LogP contribution in [0.2, 0.25) is 5.02 Å². The standard InChI is InChI=1S/C14H14ClN3O4/c1-21-10-4-3-9(12(7-10)22-2)8-17-14-13(18(19)20)11(15)5-6-16-14/h3-7H,8H2,1-2H3,(H,16,17). The Balaban J connectivity index is 2.24. The maximum Gasteiger partial charge on any atom is 0.329 e. The number of hydrogen-bond acceptors (Lipinski definition) is 6. The second-order valence-corrected chi connectivity index (χ2v) is 4.69. The van der Waals surface area contributed by atoms with E-state index in [1.807, 2.05) is 0 Å². The van der Waals surface area contributed by atoms with Gasteiger partial charge < -0.3 is 14.8 Å². The minimum atomic E-state index is -0.567.